The lowest BCUT2D eigenvalue weighted by Gasteiger charge is -2.18. The van der Waals surface area contributed by atoms with Crippen LogP contribution in [0.15, 0.2) is 48.5 Å². The van der Waals surface area contributed by atoms with Crippen LogP contribution in [0.25, 0.3) is 16.9 Å². The number of aryl methyl sites for hydroxylation is 1. The van der Waals surface area contributed by atoms with Crippen LogP contribution in [0.4, 0.5) is 18.9 Å². The molecule has 1 aromatic heterocycles. The van der Waals surface area contributed by atoms with Gasteiger partial charge in [0.05, 0.1) is 17.1 Å². The predicted molar refractivity (Wildman–Crippen MR) is 92.9 cm³/mol. The van der Waals surface area contributed by atoms with E-state index >= 15 is 0 Å². The summed E-state index contributed by atoms with van der Waals surface area (Å²) in [5.74, 6) is 0.152. The molecule has 5 nitrogen and oxygen atoms in total. The van der Waals surface area contributed by atoms with Crippen LogP contribution in [0.5, 0.6) is 5.75 Å². The van der Waals surface area contributed by atoms with Crippen molar-refractivity contribution in [2.24, 2.45) is 0 Å². The summed E-state index contributed by atoms with van der Waals surface area (Å²) in [6, 6.07) is 12.9. The van der Waals surface area contributed by atoms with E-state index in [1.807, 2.05) is 13.0 Å². The van der Waals surface area contributed by atoms with E-state index in [9.17, 15) is 18.0 Å². The highest BCUT2D eigenvalue weighted by atomic mass is 19.4. The molecule has 0 saturated heterocycles. The Morgan fingerprint density at radius 2 is 1.96 bits per heavy atom. The molecule has 4 rings (SSSR count). The van der Waals surface area contributed by atoms with Crippen molar-refractivity contribution in [2.45, 2.75) is 13.1 Å². The lowest BCUT2D eigenvalue weighted by atomic mass is 10.1. The number of nitrogens with zero attached hydrogens (tertiary/aromatic N) is 2. The molecule has 0 atom stereocenters. The van der Waals surface area contributed by atoms with E-state index in [1.54, 1.807) is 36.4 Å². The molecule has 2 aromatic carbocycles. The second-order valence-corrected chi connectivity index (χ2v) is 6.21. The number of hydrogen-bond donors (Lipinski definition) is 1. The van der Waals surface area contributed by atoms with Crippen molar-refractivity contribution in [1.82, 2.24) is 9.78 Å². The van der Waals surface area contributed by atoms with Crippen LogP contribution in [-0.4, -0.2) is 22.3 Å². The van der Waals surface area contributed by atoms with Gasteiger partial charge in [-0.05, 0) is 48.9 Å². The smallest absolute Gasteiger partial charge is 0.435 e. The molecule has 1 N–H and O–H groups in total. The molecule has 0 aliphatic carbocycles. The van der Waals surface area contributed by atoms with Gasteiger partial charge in [0, 0.05) is 5.56 Å². The van der Waals surface area contributed by atoms with Crippen LogP contribution in [0, 0.1) is 6.92 Å². The molecule has 27 heavy (non-hydrogen) atoms. The molecule has 0 radical (unpaired) electrons. The van der Waals surface area contributed by atoms with E-state index in [1.165, 1.54) is 4.68 Å². The van der Waals surface area contributed by atoms with Gasteiger partial charge in [0.2, 0.25) is 0 Å². The van der Waals surface area contributed by atoms with Gasteiger partial charge in [0.1, 0.15) is 5.75 Å². The number of nitrogens with one attached hydrogen (secondary N) is 1. The summed E-state index contributed by atoms with van der Waals surface area (Å²) in [5.41, 5.74) is 1.57. The first-order chi connectivity index (χ1) is 12.8. The SMILES string of the molecule is Cc1cccc(-n2nc(C(F)(F)F)cc2-c2ccc3c(c2)NC(=O)CO3)c1. The summed E-state index contributed by atoms with van der Waals surface area (Å²) in [5, 5.41) is 6.43. The number of alkyl halides is 3. The Morgan fingerprint density at radius 3 is 2.70 bits per heavy atom. The summed E-state index contributed by atoms with van der Waals surface area (Å²) >= 11 is 0. The van der Waals surface area contributed by atoms with Gasteiger partial charge in [-0.1, -0.05) is 12.1 Å². The zero-order chi connectivity index (χ0) is 19.2. The Kier molecular flexibility index (Phi) is 3.91. The number of anilines is 1. The summed E-state index contributed by atoms with van der Waals surface area (Å²) in [6.07, 6.45) is -4.57. The molecule has 3 aromatic rings. The van der Waals surface area contributed by atoms with E-state index in [-0.39, 0.29) is 18.2 Å². The van der Waals surface area contributed by atoms with E-state index in [4.69, 9.17) is 4.74 Å². The van der Waals surface area contributed by atoms with Crippen molar-refractivity contribution in [1.29, 1.82) is 0 Å². The zero-order valence-corrected chi connectivity index (χ0v) is 14.2. The quantitative estimate of drug-likeness (QED) is 0.733. The Balaban J connectivity index is 1.88. The largest absolute Gasteiger partial charge is 0.482 e. The van der Waals surface area contributed by atoms with Gasteiger partial charge < -0.3 is 10.1 Å². The molecular weight excluding hydrogens is 359 g/mol. The number of fused-ring (bicyclic) bond motifs is 1. The Bertz CT molecular complexity index is 1040. The number of halogens is 3. The number of hydrogen-bond acceptors (Lipinski definition) is 3. The number of ether oxygens (including phenoxy) is 1. The van der Waals surface area contributed by atoms with Crippen LogP contribution in [0.1, 0.15) is 11.3 Å². The first-order valence-electron chi connectivity index (χ1n) is 8.12. The van der Waals surface area contributed by atoms with Crippen molar-refractivity contribution < 1.29 is 22.7 Å². The molecule has 0 fully saturated rings. The minimum atomic E-state index is -4.57. The van der Waals surface area contributed by atoms with Crippen LogP contribution < -0.4 is 10.1 Å². The third-order valence-corrected chi connectivity index (χ3v) is 4.15. The highest BCUT2D eigenvalue weighted by Crippen LogP contribution is 2.36. The summed E-state index contributed by atoms with van der Waals surface area (Å²) in [7, 11) is 0. The van der Waals surface area contributed by atoms with Crippen molar-refractivity contribution in [3.63, 3.8) is 0 Å². The van der Waals surface area contributed by atoms with Gasteiger partial charge in [-0.25, -0.2) is 4.68 Å². The Hall–Kier alpha value is -3.29. The average molecular weight is 373 g/mol. The highest BCUT2D eigenvalue weighted by molar-refractivity contribution is 5.96. The van der Waals surface area contributed by atoms with Gasteiger partial charge in [0.25, 0.3) is 5.91 Å². The van der Waals surface area contributed by atoms with E-state index in [2.05, 4.69) is 10.4 Å². The number of carbonyl (C=O) groups excluding carboxylic acids is 1. The molecule has 8 heteroatoms. The van der Waals surface area contributed by atoms with Crippen molar-refractivity contribution in [3.8, 4) is 22.7 Å². The maximum atomic E-state index is 13.3. The van der Waals surface area contributed by atoms with Crippen LogP contribution in [-0.2, 0) is 11.0 Å². The predicted octanol–water partition coefficient (Wildman–Crippen LogP) is 4.20. The first kappa shape index (κ1) is 17.1. The molecule has 1 amide bonds. The van der Waals surface area contributed by atoms with E-state index in [0.29, 0.717) is 22.7 Å². The molecular formula is C19H14F3N3O2. The first-order valence-corrected chi connectivity index (χ1v) is 8.12. The van der Waals surface area contributed by atoms with E-state index in [0.717, 1.165) is 11.6 Å². The van der Waals surface area contributed by atoms with Gasteiger partial charge in [-0.3, -0.25) is 4.79 Å². The van der Waals surface area contributed by atoms with Crippen LogP contribution in [0.2, 0.25) is 0 Å². The number of aromatic nitrogens is 2. The number of amides is 1. The topological polar surface area (TPSA) is 56.2 Å². The highest BCUT2D eigenvalue weighted by Gasteiger charge is 2.35. The minimum absolute atomic E-state index is 0.0915. The van der Waals surface area contributed by atoms with Crippen LogP contribution >= 0.6 is 0 Å². The molecule has 138 valence electrons. The second-order valence-electron chi connectivity index (χ2n) is 6.21. The minimum Gasteiger partial charge on any atom is -0.482 e. The standard InChI is InChI=1S/C19H14F3N3O2/c1-11-3-2-4-13(7-11)25-15(9-17(24-25)19(20,21)22)12-5-6-16-14(8-12)23-18(26)10-27-16/h2-9H,10H2,1H3,(H,23,26). The summed E-state index contributed by atoms with van der Waals surface area (Å²) in [4.78, 5) is 11.5. The van der Waals surface area contributed by atoms with Gasteiger partial charge >= 0.3 is 6.18 Å². The fourth-order valence-corrected chi connectivity index (χ4v) is 2.92. The normalized spacial score (nSPS) is 13.7. The van der Waals surface area contributed by atoms with Gasteiger partial charge in [0.15, 0.2) is 12.3 Å². The van der Waals surface area contributed by atoms with Crippen molar-refractivity contribution >= 4 is 11.6 Å². The van der Waals surface area contributed by atoms with Crippen LogP contribution in [0.3, 0.4) is 0 Å². The maximum Gasteiger partial charge on any atom is 0.435 e. The molecule has 1 aliphatic heterocycles. The molecule has 0 spiro atoms. The summed E-state index contributed by atoms with van der Waals surface area (Å²) in [6.45, 7) is 1.76. The molecule has 1 aliphatic rings. The third kappa shape index (κ3) is 3.25. The monoisotopic (exact) mass is 373 g/mol. The lowest BCUT2D eigenvalue weighted by molar-refractivity contribution is -0.141. The van der Waals surface area contributed by atoms with Gasteiger partial charge in [-0.15, -0.1) is 0 Å². The Labute approximate surface area is 152 Å². The third-order valence-electron chi connectivity index (χ3n) is 4.15. The number of benzene rings is 2. The average Bonchev–Trinajstić information content (AvgIpc) is 3.07. The number of carbonyl (C=O) groups is 1. The fourth-order valence-electron chi connectivity index (χ4n) is 2.92. The van der Waals surface area contributed by atoms with Crippen molar-refractivity contribution in [3.05, 3.63) is 59.8 Å². The molecule has 0 bridgehead atoms. The summed E-state index contributed by atoms with van der Waals surface area (Å²) < 4.78 is 46.3. The molecule has 2 heterocycles. The zero-order valence-electron chi connectivity index (χ0n) is 14.2. The van der Waals surface area contributed by atoms with Gasteiger partial charge in [-0.2, -0.15) is 18.3 Å². The Morgan fingerprint density at radius 1 is 1.15 bits per heavy atom. The second kappa shape index (κ2) is 6.15. The fraction of sp³-hybridized carbons (Fsp3) is 0.158. The molecule has 0 unspecified atom stereocenters. The number of rotatable bonds is 2. The molecule has 0 saturated carbocycles. The lowest BCUT2D eigenvalue weighted by Crippen LogP contribution is -2.25. The van der Waals surface area contributed by atoms with Crippen molar-refractivity contribution in [2.75, 3.05) is 11.9 Å². The van der Waals surface area contributed by atoms with E-state index < -0.39 is 11.9 Å². The maximum absolute atomic E-state index is 13.3.